The number of nitrogens with zero attached hydrogens (tertiary/aromatic N) is 1. The summed E-state index contributed by atoms with van der Waals surface area (Å²) < 4.78 is 5.50. The smallest absolute Gasteiger partial charge is 0.410 e. The third-order valence-electron chi connectivity index (χ3n) is 3.79. The summed E-state index contributed by atoms with van der Waals surface area (Å²) in [6, 6.07) is 0.418. The third-order valence-corrected chi connectivity index (χ3v) is 3.79. The number of nitrogens with one attached hydrogen (secondary N) is 1. The lowest BCUT2D eigenvalue weighted by Crippen LogP contribution is -2.44. The Labute approximate surface area is 130 Å². The molecule has 4 heteroatoms. The molecule has 0 aromatic heterocycles. The highest BCUT2D eigenvalue weighted by atomic mass is 16.6. The van der Waals surface area contributed by atoms with Gasteiger partial charge in [-0.1, -0.05) is 32.6 Å². The van der Waals surface area contributed by atoms with Gasteiger partial charge in [0.1, 0.15) is 5.60 Å². The molecule has 0 saturated carbocycles. The minimum atomic E-state index is -0.410. The second kappa shape index (κ2) is 9.29. The predicted octanol–water partition coefficient (Wildman–Crippen LogP) is 3.95. The highest BCUT2D eigenvalue weighted by Crippen LogP contribution is 2.15. The van der Waals surface area contributed by atoms with Crippen molar-refractivity contribution in [3.05, 3.63) is 0 Å². The number of rotatable bonds is 6. The van der Waals surface area contributed by atoms with Crippen molar-refractivity contribution in [1.29, 1.82) is 0 Å². The van der Waals surface area contributed by atoms with Gasteiger partial charge >= 0.3 is 6.09 Å². The van der Waals surface area contributed by atoms with Gasteiger partial charge in [-0.15, -0.1) is 0 Å². The molecule has 0 aromatic rings. The molecule has 21 heavy (non-hydrogen) atoms. The molecule has 0 spiro atoms. The number of carbonyl (C=O) groups is 1. The maximum Gasteiger partial charge on any atom is 0.410 e. The molecule has 124 valence electrons. The Bertz CT molecular complexity index is 300. The molecule has 0 aromatic carbocycles. The minimum Gasteiger partial charge on any atom is -0.444 e. The van der Waals surface area contributed by atoms with Crippen LogP contribution in [0.25, 0.3) is 0 Å². The number of hydrogen-bond acceptors (Lipinski definition) is 3. The van der Waals surface area contributed by atoms with E-state index >= 15 is 0 Å². The fourth-order valence-corrected chi connectivity index (χ4v) is 2.66. The van der Waals surface area contributed by atoms with Crippen molar-refractivity contribution in [2.75, 3.05) is 19.6 Å². The molecular formula is C17H34N2O2. The Balaban J connectivity index is 2.36. The van der Waals surface area contributed by atoms with Crippen molar-refractivity contribution in [2.45, 2.75) is 84.3 Å². The second-order valence-electron chi connectivity index (χ2n) is 7.13. The van der Waals surface area contributed by atoms with Crippen LogP contribution in [-0.2, 0) is 4.74 Å². The minimum absolute atomic E-state index is 0.165. The van der Waals surface area contributed by atoms with E-state index in [0.29, 0.717) is 6.04 Å². The van der Waals surface area contributed by atoms with Gasteiger partial charge in [0.05, 0.1) is 0 Å². The summed E-state index contributed by atoms with van der Waals surface area (Å²) in [5.74, 6) is 0. The van der Waals surface area contributed by atoms with E-state index in [4.69, 9.17) is 4.74 Å². The Morgan fingerprint density at radius 1 is 1.24 bits per heavy atom. The van der Waals surface area contributed by atoms with E-state index in [9.17, 15) is 4.79 Å². The Morgan fingerprint density at radius 3 is 2.67 bits per heavy atom. The number of hydrogen-bond donors (Lipinski definition) is 1. The molecule has 1 heterocycles. The molecule has 1 aliphatic heterocycles. The van der Waals surface area contributed by atoms with Crippen LogP contribution in [-0.4, -0.2) is 42.3 Å². The van der Waals surface area contributed by atoms with Crippen LogP contribution in [0.5, 0.6) is 0 Å². The molecule has 1 fully saturated rings. The zero-order valence-electron chi connectivity index (χ0n) is 14.4. The zero-order chi connectivity index (χ0) is 15.7. The summed E-state index contributed by atoms with van der Waals surface area (Å²) in [6.45, 7) is 10.7. The fourth-order valence-electron chi connectivity index (χ4n) is 2.66. The Morgan fingerprint density at radius 2 is 2.00 bits per heavy atom. The summed E-state index contributed by atoms with van der Waals surface area (Å²) in [4.78, 5) is 14.1. The van der Waals surface area contributed by atoms with Gasteiger partial charge in [0.25, 0.3) is 0 Å². The van der Waals surface area contributed by atoms with Gasteiger partial charge in [-0.05, 0) is 46.6 Å². The zero-order valence-corrected chi connectivity index (χ0v) is 14.4. The Hall–Kier alpha value is -0.770. The van der Waals surface area contributed by atoms with E-state index in [1.807, 2.05) is 25.7 Å². The van der Waals surface area contributed by atoms with Crippen molar-refractivity contribution in [2.24, 2.45) is 0 Å². The molecule has 0 bridgehead atoms. The number of unbranched alkanes of at least 4 members (excludes halogenated alkanes) is 3. The predicted molar refractivity (Wildman–Crippen MR) is 87.6 cm³/mol. The maximum atomic E-state index is 12.2. The number of carbonyl (C=O) groups excluding carboxylic acids is 1. The normalized spacial score (nSPS) is 20.2. The van der Waals surface area contributed by atoms with Crippen molar-refractivity contribution < 1.29 is 9.53 Å². The summed E-state index contributed by atoms with van der Waals surface area (Å²) >= 11 is 0. The quantitative estimate of drug-likeness (QED) is 0.755. The van der Waals surface area contributed by atoms with Crippen molar-refractivity contribution in [1.82, 2.24) is 10.2 Å². The molecule has 0 aliphatic carbocycles. The monoisotopic (exact) mass is 298 g/mol. The van der Waals surface area contributed by atoms with Crippen molar-refractivity contribution >= 4 is 6.09 Å². The highest BCUT2D eigenvalue weighted by molar-refractivity contribution is 5.68. The van der Waals surface area contributed by atoms with Gasteiger partial charge in [0, 0.05) is 19.1 Å². The first-order valence-electron chi connectivity index (χ1n) is 8.63. The topological polar surface area (TPSA) is 41.6 Å². The molecule has 1 unspecified atom stereocenters. The summed E-state index contributed by atoms with van der Waals surface area (Å²) in [6.07, 6.45) is 8.38. The lowest BCUT2D eigenvalue weighted by atomic mass is 10.1. The Kier molecular flexibility index (Phi) is 8.09. The molecule has 1 saturated heterocycles. The lowest BCUT2D eigenvalue weighted by Gasteiger charge is -2.28. The van der Waals surface area contributed by atoms with Crippen LogP contribution in [0.1, 0.15) is 72.6 Å². The van der Waals surface area contributed by atoms with Crippen LogP contribution >= 0.6 is 0 Å². The molecule has 4 nitrogen and oxygen atoms in total. The van der Waals surface area contributed by atoms with Crippen LogP contribution in [0.3, 0.4) is 0 Å². The molecule has 1 N–H and O–H groups in total. The van der Waals surface area contributed by atoms with Crippen LogP contribution in [0.4, 0.5) is 4.79 Å². The SMILES string of the molecule is CCCCCCNC1CCCCN(C(=O)OC(C)(C)C)C1. The molecule has 1 atom stereocenters. The van der Waals surface area contributed by atoms with Gasteiger partial charge in [-0.25, -0.2) is 4.79 Å². The molecule has 0 radical (unpaired) electrons. The molecule has 1 aliphatic rings. The van der Waals surface area contributed by atoms with Crippen LogP contribution < -0.4 is 5.32 Å². The first-order valence-corrected chi connectivity index (χ1v) is 8.63. The average molecular weight is 298 g/mol. The van der Waals surface area contributed by atoms with Crippen LogP contribution in [0.15, 0.2) is 0 Å². The third kappa shape index (κ3) is 8.30. The van der Waals surface area contributed by atoms with E-state index in [-0.39, 0.29) is 6.09 Å². The fraction of sp³-hybridized carbons (Fsp3) is 0.941. The van der Waals surface area contributed by atoms with E-state index in [1.165, 1.54) is 32.1 Å². The number of ether oxygens (including phenoxy) is 1. The van der Waals surface area contributed by atoms with E-state index in [1.54, 1.807) is 0 Å². The van der Waals surface area contributed by atoms with Gasteiger partial charge in [0.2, 0.25) is 0 Å². The number of amides is 1. The lowest BCUT2D eigenvalue weighted by molar-refractivity contribution is 0.0244. The molecule has 1 rings (SSSR count). The van der Waals surface area contributed by atoms with E-state index in [2.05, 4.69) is 12.2 Å². The van der Waals surface area contributed by atoms with Crippen molar-refractivity contribution in [3.8, 4) is 0 Å². The first-order chi connectivity index (χ1) is 9.92. The van der Waals surface area contributed by atoms with Crippen LogP contribution in [0.2, 0.25) is 0 Å². The van der Waals surface area contributed by atoms with E-state index in [0.717, 1.165) is 32.5 Å². The molecular weight excluding hydrogens is 264 g/mol. The average Bonchev–Trinajstić information content (AvgIpc) is 2.62. The standard InChI is InChI=1S/C17H34N2O2/c1-5-6-7-9-12-18-15-11-8-10-13-19(14-15)16(20)21-17(2,3)4/h15,18H,5-14H2,1-4H3. The summed E-state index contributed by atoms with van der Waals surface area (Å²) in [7, 11) is 0. The van der Waals surface area contributed by atoms with Gasteiger partial charge in [-0.2, -0.15) is 0 Å². The van der Waals surface area contributed by atoms with E-state index < -0.39 is 5.60 Å². The number of likely N-dealkylation sites (tertiary alicyclic amines) is 1. The van der Waals surface area contributed by atoms with Crippen molar-refractivity contribution in [3.63, 3.8) is 0 Å². The largest absolute Gasteiger partial charge is 0.444 e. The second-order valence-corrected chi connectivity index (χ2v) is 7.13. The molecule has 1 amide bonds. The van der Waals surface area contributed by atoms with Gasteiger partial charge in [-0.3, -0.25) is 0 Å². The summed E-state index contributed by atoms with van der Waals surface area (Å²) in [5, 5.41) is 3.62. The summed E-state index contributed by atoms with van der Waals surface area (Å²) in [5.41, 5.74) is -0.410. The first kappa shape index (κ1) is 18.3. The van der Waals surface area contributed by atoms with Crippen LogP contribution in [0, 0.1) is 0 Å². The van der Waals surface area contributed by atoms with Gasteiger partial charge in [0.15, 0.2) is 0 Å². The highest BCUT2D eigenvalue weighted by Gasteiger charge is 2.25. The maximum absolute atomic E-state index is 12.2. The van der Waals surface area contributed by atoms with Gasteiger partial charge < -0.3 is 15.0 Å².